The molecule has 1 aliphatic heterocycles. The van der Waals surface area contributed by atoms with E-state index >= 15 is 0 Å². The number of hydrogen-bond donors (Lipinski definition) is 0. The zero-order chi connectivity index (χ0) is 27.0. The summed E-state index contributed by atoms with van der Waals surface area (Å²) in [4.78, 5) is 32.9. The molecule has 3 heterocycles. The van der Waals surface area contributed by atoms with Crippen LogP contribution in [-0.2, 0) is 4.74 Å². The number of carbonyl (C=O) groups is 2. The molecule has 1 aliphatic rings. The highest BCUT2D eigenvalue weighted by atomic mass is 28.3. The van der Waals surface area contributed by atoms with Crippen LogP contribution in [0.15, 0.2) is 18.5 Å². The number of Topliss-reactive ketones (excluding diaryl/α,β-unsaturated/α-hetero) is 1. The molecule has 0 saturated carbocycles. The van der Waals surface area contributed by atoms with Crippen LogP contribution in [0, 0.1) is 5.92 Å². The molecule has 0 spiro atoms. The Labute approximate surface area is 217 Å². The van der Waals surface area contributed by atoms with E-state index in [1.807, 2.05) is 20.8 Å². The molecule has 3 rings (SSSR count). The van der Waals surface area contributed by atoms with E-state index in [9.17, 15) is 9.59 Å². The minimum Gasteiger partial charge on any atom is -0.494 e. The van der Waals surface area contributed by atoms with Crippen molar-refractivity contribution in [1.29, 1.82) is 0 Å². The number of likely N-dealkylation sites (tertiary alicyclic amines) is 1. The second-order valence-electron chi connectivity index (χ2n) is 12.1. The van der Waals surface area contributed by atoms with Gasteiger partial charge in [-0.3, -0.25) is 4.79 Å². The standard InChI is InChI=1S/C28H45N3O4Si/c1-18(2)36(19(3)4,20(5)6)31-16-13-22-24(23(34-10)17-29-26(22)31)25(32)21-11-14-30(15-12-21)27(33)35-28(7,8)9/h13,16-21H,11-12,14-15H2,1-10H3. The van der Waals surface area contributed by atoms with E-state index in [1.165, 1.54) is 0 Å². The number of nitrogens with zero attached hydrogens (tertiary/aromatic N) is 3. The van der Waals surface area contributed by atoms with E-state index < -0.39 is 13.8 Å². The third kappa shape index (κ3) is 5.06. The number of pyridine rings is 1. The van der Waals surface area contributed by atoms with Crippen molar-refractivity contribution in [2.24, 2.45) is 5.92 Å². The van der Waals surface area contributed by atoms with Gasteiger partial charge in [0.25, 0.3) is 0 Å². The summed E-state index contributed by atoms with van der Waals surface area (Å²) in [5.74, 6) is 0.423. The first-order valence-corrected chi connectivity index (χ1v) is 15.5. The van der Waals surface area contributed by atoms with E-state index in [2.05, 4.69) is 58.0 Å². The van der Waals surface area contributed by atoms with Crippen LogP contribution in [0.2, 0.25) is 16.6 Å². The van der Waals surface area contributed by atoms with Crippen molar-refractivity contribution >= 4 is 31.1 Å². The number of aromatic nitrogens is 2. The van der Waals surface area contributed by atoms with Gasteiger partial charge in [0, 0.05) is 24.4 Å². The molecule has 1 amide bonds. The molecule has 200 valence electrons. The summed E-state index contributed by atoms with van der Waals surface area (Å²) in [5.41, 5.74) is 2.49. The highest BCUT2D eigenvalue weighted by Crippen LogP contribution is 2.45. The third-order valence-corrected chi connectivity index (χ3v) is 14.6. The Balaban J connectivity index is 1.98. The number of fused-ring (bicyclic) bond motifs is 1. The average molecular weight is 516 g/mol. The van der Waals surface area contributed by atoms with E-state index in [0.29, 0.717) is 53.9 Å². The lowest BCUT2D eigenvalue weighted by Gasteiger charge is -2.44. The first-order chi connectivity index (χ1) is 16.7. The fourth-order valence-corrected chi connectivity index (χ4v) is 13.0. The van der Waals surface area contributed by atoms with Crippen molar-refractivity contribution in [3.63, 3.8) is 0 Å². The molecule has 0 atom stereocenters. The van der Waals surface area contributed by atoms with Gasteiger partial charge in [-0.1, -0.05) is 41.5 Å². The zero-order valence-electron chi connectivity index (χ0n) is 23.8. The molecule has 0 N–H and O–H groups in total. The molecule has 0 aliphatic carbocycles. The summed E-state index contributed by atoms with van der Waals surface area (Å²) in [7, 11) is -0.444. The molecule has 0 aromatic carbocycles. The maximum Gasteiger partial charge on any atom is 0.410 e. The molecule has 0 bridgehead atoms. The normalized spacial score (nSPS) is 15.9. The Bertz CT molecular complexity index is 1070. The fraction of sp³-hybridized carbons (Fsp3) is 0.679. The maximum atomic E-state index is 13.9. The quantitative estimate of drug-likeness (QED) is 0.296. The molecule has 0 radical (unpaired) electrons. The van der Waals surface area contributed by atoms with E-state index in [1.54, 1.807) is 18.2 Å². The van der Waals surface area contributed by atoms with Gasteiger partial charge in [-0.25, -0.2) is 9.78 Å². The molecular weight excluding hydrogens is 470 g/mol. The van der Waals surface area contributed by atoms with Crippen LogP contribution in [-0.4, -0.2) is 60.0 Å². The van der Waals surface area contributed by atoms with Gasteiger partial charge in [-0.05, 0) is 62.5 Å². The summed E-state index contributed by atoms with van der Waals surface area (Å²) in [5, 5.41) is 0.868. The predicted octanol–water partition coefficient (Wildman–Crippen LogP) is 6.90. The highest BCUT2D eigenvalue weighted by molar-refractivity contribution is 6.82. The minimum atomic E-state index is -2.04. The van der Waals surface area contributed by atoms with Crippen molar-refractivity contribution < 1.29 is 19.1 Å². The van der Waals surface area contributed by atoms with E-state index in [-0.39, 0.29) is 17.8 Å². The monoisotopic (exact) mass is 515 g/mol. The van der Waals surface area contributed by atoms with Crippen molar-refractivity contribution in [3.8, 4) is 5.75 Å². The third-order valence-electron chi connectivity index (χ3n) is 7.85. The summed E-state index contributed by atoms with van der Waals surface area (Å²) in [6, 6.07) is 2.06. The first-order valence-electron chi connectivity index (χ1n) is 13.3. The summed E-state index contributed by atoms with van der Waals surface area (Å²) in [6.07, 6.45) is 4.77. The van der Waals surface area contributed by atoms with Crippen LogP contribution in [0.25, 0.3) is 11.0 Å². The van der Waals surface area contributed by atoms with Gasteiger partial charge in [0.15, 0.2) is 14.0 Å². The Morgan fingerprint density at radius 3 is 2.06 bits per heavy atom. The zero-order valence-corrected chi connectivity index (χ0v) is 24.8. The number of piperidine rings is 1. The number of ketones is 1. The lowest BCUT2D eigenvalue weighted by Crippen LogP contribution is -2.51. The number of carbonyl (C=O) groups excluding carboxylic acids is 2. The molecule has 0 unspecified atom stereocenters. The van der Waals surface area contributed by atoms with Crippen molar-refractivity contribution in [1.82, 2.24) is 14.1 Å². The van der Waals surface area contributed by atoms with Gasteiger partial charge >= 0.3 is 6.09 Å². The molecule has 2 aromatic heterocycles. The summed E-state index contributed by atoms with van der Waals surface area (Å²) >= 11 is 0. The second kappa shape index (κ2) is 10.6. The van der Waals surface area contributed by atoms with Gasteiger partial charge in [0.05, 0.1) is 18.9 Å². The second-order valence-corrected chi connectivity index (χ2v) is 17.8. The summed E-state index contributed by atoms with van der Waals surface area (Å²) < 4.78 is 13.6. The van der Waals surface area contributed by atoms with Gasteiger partial charge in [-0.15, -0.1) is 0 Å². The largest absolute Gasteiger partial charge is 0.494 e. The Morgan fingerprint density at radius 2 is 1.58 bits per heavy atom. The molecule has 8 heteroatoms. The number of amides is 1. The number of rotatable bonds is 7. The number of hydrogen-bond acceptors (Lipinski definition) is 5. The van der Waals surface area contributed by atoms with Crippen molar-refractivity contribution in [2.75, 3.05) is 20.2 Å². The van der Waals surface area contributed by atoms with Crippen LogP contribution in [0.1, 0.15) is 85.5 Å². The number of ether oxygens (including phenoxy) is 2. The van der Waals surface area contributed by atoms with E-state index in [0.717, 1.165) is 11.0 Å². The Hall–Kier alpha value is -2.35. The molecule has 1 saturated heterocycles. The van der Waals surface area contributed by atoms with Crippen LogP contribution in [0.5, 0.6) is 5.75 Å². The van der Waals surface area contributed by atoms with Gasteiger partial charge in [0.1, 0.15) is 17.0 Å². The smallest absolute Gasteiger partial charge is 0.410 e. The van der Waals surface area contributed by atoms with Crippen molar-refractivity contribution in [3.05, 3.63) is 24.0 Å². The van der Waals surface area contributed by atoms with Gasteiger partial charge in [-0.2, -0.15) is 0 Å². The van der Waals surface area contributed by atoms with Gasteiger partial charge in [0.2, 0.25) is 0 Å². The number of methoxy groups -OCH3 is 1. The highest BCUT2D eigenvalue weighted by Gasteiger charge is 2.46. The molecular formula is C28H45N3O4Si. The first kappa shape index (κ1) is 28.2. The lowest BCUT2D eigenvalue weighted by molar-refractivity contribution is 0.0182. The molecule has 2 aromatic rings. The Morgan fingerprint density at radius 1 is 1.03 bits per heavy atom. The van der Waals surface area contributed by atoms with Crippen LogP contribution in [0.3, 0.4) is 0 Å². The topological polar surface area (TPSA) is 73.7 Å². The minimum absolute atomic E-state index is 0.0757. The SMILES string of the molecule is COc1cnc2c(ccn2[Si](C(C)C)(C(C)C)C(C)C)c1C(=O)C1CCN(C(=O)OC(C)(C)C)CC1. The lowest BCUT2D eigenvalue weighted by atomic mass is 9.88. The van der Waals surface area contributed by atoms with Crippen LogP contribution >= 0.6 is 0 Å². The van der Waals surface area contributed by atoms with Crippen LogP contribution < -0.4 is 4.74 Å². The predicted molar refractivity (Wildman–Crippen MR) is 148 cm³/mol. The molecule has 1 fully saturated rings. The van der Waals surface area contributed by atoms with Crippen molar-refractivity contribution in [2.45, 2.75) is 97.4 Å². The van der Waals surface area contributed by atoms with E-state index in [4.69, 9.17) is 14.5 Å². The molecule has 7 nitrogen and oxygen atoms in total. The van der Waals surface area contributed by atoms with Gasteiger partial charge < -0.3 is 18.6 Å². The maximum absolute atomic E-state index is 13.9. The fourth-order valence-electron chi connectivity index (χ4n) is 6.48. The van der Waals surface area contributed by atoms with Crippen LogP contribution in [0.4, 0.5) is 4.79 Å². The molecule has 36 heavy (non-hydrogen) atoms. The average Bonchev–Trinajstić information content (AvgIpc) is 3.20. The Kier molecular flexibility index (Phi) is 8.28. The summed E-state index contributed by atoms with van der Waals surface area (Å²) in [6.45, 7) is 20.6.